The Morgan fingerprint density at radius 3 is 2.13 bits per heavy atom. The number of hydrogen-bond donors (Lipinski definition) is 2. The van der Waals surface area contributed by atoms with E-state index in [1.165, 1.54) is 0 Å². The first-order chi connectivity index (χ1) is 11.0. The first-order valence-electron chi connectivity index (χ1n) is 9.27. The second-order valence-corrected chi connectivity index (χ2v) is 5.82. The summed E-state index contributed by atoms with van der Waals surface area (Å²) in [6, 6.07) is 0. The van der Waals surface area contributed by atoms with Gasteiger partial charge in [-0.15, -0.1) is 0 Å². The highest BCUT2D eigenvalue weighted by atomic mass is 16.7. The molecule has 0 aromatic rings. The molecule has 1 aliphatic rings. The predicted octanol–water partition coefficient (Wildman–Crippen LogP) is 3.47. The van der Waals surface area contributed by atoms with Crippen LogP contribution in [0.4, 0.5) is 0 Å². The van der Waals surface area contributed by atoms with Crippen molar-refractivity contribution in [3.63, 3.8) is 0 Å². The van der Waals surface area contributed by atoms with Gasteiger partial charge in [-0.25, -0.2) is 0 Å². The van der Waals surface area contributed by atoms with Gasteiger partial charge in [-0.1, -0.05) is 41.5 Å². The van der Waals surface area contributed by atoms with Crippen LogP contribution in [0.25, 0.3) is 0 Å². The molecule has 0 aromatic carbocycles. The Balaban J connectivity index is 0.00000232. The zero-order valence-electron chi connectivity index (χ0n) is 15.9. The van der Waals surface area contributed by atoms with E-state index in [9.17, 15) is 10.2 Å². The van der Waals surface area contributed by atoms with Crippen LogP contribution in [0.15, 0.2) is 0 Å². The van der Waals surface area contributed by atoms with Crippen molar-refractivity contribution >= 4 is 0 Å². The van der Waals surface area contributed by atoms with Gasteiger partial charge < -0.3 is 24.4 Å². The number of rotatable bonds is 10. The summed E-state index contributed by atoms with van der Waals surface area (Å²) in [4.78, 5) is 0. The van der Waals surface area contributed by atoms with E-state index in [-0.39, 0.29) is 18.6 Å². The van der Waals surface area contributed by atoms with Crippen LogP contribution in [0.5, 0.6) is 0 Å². The van der Waals surface area contributed by atoms with Crippen molar-refractivity contribution in [1.82, 2.24) is 0 Å². The molecule has 2 N–H and O–H groups in total. The Morgan fingerprint density at radius 1 is 1.17 bits per heavy atom. The van der Waals surface area contributed by atoms with Crippen LogP contribution >= 0.6 is 0 Å². The smallest absolute Gasteiger partial charge is 0.168 e. The molecule has 5 heteroatoms. The van der Waals surface area contributed by atoms with E-state index in [1.54, 1.807) is 0 Å². The third-order valence-corrected chi connectivity index (χ3v) is 4.68. The fraction of sp³-hybridized carbons (Fsp3) is 1.00. The monoisotopic (exact) mass is 334 g/mol. The summed E-state index contributed by atoms with van der Waals surface area (Å²) in [6.45, 7) is 12.9. The Morgan fingerprint density at radius 2 is 1.74 bits per heavy atom. The van der Waals surface area contributed by atoms with Gasteiger partial charge in [0, 0.05) is 12.5 Å². The molecule has 1 unspecified atom stereocenters. The van der Waals surface area contributed by atoms with Gasteiger partial charge in [0.1, 0.15) is 0 Å². The topological polar surface area (TPSA) is 68.2 Å². The van der Waals surface area contributed by atoms with Gasteiger partial charge in [0.05, 0.1) is 19.3 Å². The van der Waals surface area contributed by atoms with Gasteiger partial charge in [-0.3, -0.25) is 0 Å². The van der Waals surface area contributed by atoms with Gasteiger partial charge in [-0.2, -0.15) is 0 Å². The minimum absolute atomic E-state index is 0.0251. The van der Waals surface area contributed by atoms with Crippen LogP contribution in [0, 0.1) is 5.92 Å². The molecule has 1 rings (SSSR count). The van der Waals surface area contributed by atoms with Crippen molar-refractivity contribution in [2.75, 3.05) is 19.8 Å². The largest absolute Gasteiger partial charge is 0.396 e. The molecule has 2 atom stereocenters. The summed E-state index contributed by atoms with van der Waals surface area (Å²) in [5.74, 6) is -1.57. The lowest BCUT2D eigenvalue weighted by atomic mass is 10.0. The molecule has 0 saturated carbocycles. The second kappa shape index (κ2) is 11.4. The number of ether oxygens (including phenoxy) is 3. The van der Waals surface area contributed by atoms with Gasteiger partial charge in [0.15, 0.2) is 11.6 Å². The quantitative estimate of drug-likeness (QED) is 0.599. The molecule has 0 spiro atoms. The van der Waals surface area contributed by atoms with Gasteiger partial charge in [-0.05, 0) is 32.1 Å². The van der Waals surface area contributed by atoms with Crippen molar-refractivity contribution in [3.8, 4) is 0 Å². The minimum Gasteiger partial charge on any atom is -0.396 e. The Kier molecular flexibility index (Phi) is 11.3. The van der Waals surface area contributed by atoms with Crippen LogP contribution in [-0.4, -0.2) is 47.7 Å². The van der Waals surface area contributed by atoms with Crippen molar-refractivity contribution in [3.05, 3.63) is 0 Å². The molecule has 5 nitrogen and oxygen atoms in total. The van der Waals surface area contributed by atoms with E-state index in [4.69, 9.17) is 14.2 Å². The average Bonchev–Trinajstić information content (AvgIpc) is 3.05. The van der Waals surface area contributed by atoms with Crippen LogP contribution in [0.3, 0.4) is 0 Å². The second-order valence-electron chi connectivity index (χ2n) is 5.82. The summed E-state index contributed by atoms with van der Waals surface area (Å²) in [5.41, 5.74) is 0. The number of hydrogen-bond acceptors (Lipinski definition) is 5. The Bertz CT molecular complexity index is 287. The molecular formula is C18H38O5. The lowest BCUT2D eigenvalue weighted by molar-refractivity contribution is -0.211. The van der Waals surface area contributed by atoms with Crippen LogP contribution in [0.1, 0.15) is 73.6 Å². The summed E-state index contributed by atoms with van der Waals surface area (Å²) < 4.78 is 17.4. The van der Waals surface area contributed by atoms with E-state index >= 15 is 0 Å². The first kappa shape index (κ1) is 22.8. The summed E-state index contributed by atoms with van der Waals surface area (Å²) in [7, 11) is 0. The summed E-state index contributed by atoms with van der Waals surface area (Å²) in [5, 5.41) is 19.7. The zero-order chi connectivity index (χ0) is 17.9. The maximum absolute atomic E-state index is 10.1. The molecule has 0 amide bonds. The summed E-state index contributed by atoms with van der Waals surface area (Å²) >= 11 is 0. The fourth-order valence-corrected chi connectivity index (χ4v) is 2.68. The molecule has 1 saturated heterocycles. The lowest BCUT2D eigenvalue weighted by Gasteiger charge is -2.29. The highest BCUT2D eigenvalue weighted by Gasteiger charge is 2.41. The number of aliphatic hydroxyl groups excluding tert-OH is 1. The predicted molar refractivity (Wildman–Crippen MR) is 92.2 cm³/mol. The molecule has 0 radical (unpaired) electrons. The molecule has 0 bridgehead atoms. The third kappa shape index (κ3) is 6.67. The third-order valence-electron chi connectivity index (χ3n) is 4.68. The molecule has 1 heterocycles. The first-order valence-corrected chi connectivity index (χ1v) is 9.27. The maximum atomic E-state index is 10.1. The van der Waals surface area contributed by atoms with Gasteiger partial charge in [0.25, 0.3) is 0 Å². The fourth-order valence-electron chi connectivity index (χ4n) is 2.68. The van der Waals surface area contributed by atoms with Crippen molar-refractivity contribution in [2.24, 2.45) is 5.92 Å². The standard InChI is InChI=1S/C16H32O5.C2H6/c1-5-15(18,6-2)19-10-9-13(11-17)14-12-20-16(7-3,8-4)21-14;1-2/h13-14,17-18H,5-12H2,1-4H3;1-2H3/t13?,14-;/m0./s1. The normalized spacial score (nSPS) is 21.7. The Hall–Kier alpha value is -0.200. The molecule has 0 aromatic heterocycles. The van der Waals surface area contributed by atoms with E-state index < -0.39 is 11.6 Å². The van der Waals surface area contributed by atoms with Crippen molar-refractivity contribution < 1.29 is 24.4 Å². The lowest BCUT2D eigenvalue weighted by Crippen LogP contribution is -2.35. The minimum atomic E-state index is -1.05. The SMILES string of the molecule is CC.CCC(O)(CC)OCCC(CO)[C@@H]1COC(CC)(CC)O1. The van der Waals surface area contributed by atoms with E-state index in [0.717, 1.165) is 12.8 Å². The molecule has 1 fully saturated rings. The Labute approximate surface area is 142 Å². The van der Waals surface area contributed by atoms with E-state index in [1.807, 2.05) is 41.5 Å². The summed E-state index contributed by atoms with van der Waals surface area (Å²) in [6.07, 6.45) is 3.28. The zero-order valence-corrected chi connectivity index (χ0v) is 15.9. The molecule has 0 aliphatic carbocycles. The highest BCUT2D eigenvalue weighted by molar-refractivity contribution is 4.81. The molecule has 23 heavy (non-hydrogen) atoms. The van der Waals surface area contributed by atoms with Gasteiger partial charge >= 0.3 is 0 Å². The van der Waals surface area contributed by atoms with Crippen LogP contribution in [0.2, 0.25) is 0 Å². The van der Waals surface area contributed by atoms with E-state index in [2.05, 4.69) is 0 Å². The van der Waals surface area contributed by atoms with Gasteiger partial charge in [0.2, 0.25) is 0 Å². The molecular weight excluding hydrogens is 296 g/mol. The highest BCUT2D eigenvalue weighted by Crippen LogP contribution is 2.34. The maximum Gasteiger partial charge on any atom is 0.168 e. The van der Waals surface area contributed by atoms with E-state index in [0.29, 0.717) is 32.5 Å². The molecule has 140 valence electrons. The van der Waals surface area contributed by atoms with Crippen molar-refractivity contribution in [1.29, 1.82) is 0 Å². The average molecular weight is 334 g/mol. The molecule has 1 aliphatic heterocycles. The van der Waals surface area contributed by atoms with Crippen molar-refractivity contribution in [2.45, 2.75) is 91.3 Å². The van der Waals surface area contributed by atoms with Crippen LogP contribution in [-0.2, 0) is 14.2 Å². The number of aliphatic hydroxyl groups is 2. The van der Waals surface area contributed by atoms with Crippen LogP contribution < -0.4 is 0 Å².